The maximum atomic E-state index is 12.2. The number of carbonyl (C=O) groups is 1. The maximum Gasteiger partial charge on any atom is 0.163 e. The van der Waals surface area contributed by atoms with Crippen LogP contribution in [0.3, 0.4) is 0 Å². The molecule has 0 saturated carbocycles. The molecule has 0 aliphatic heterocycles. The van der Waals surface area contributed by atoms with Crippen LogP contribution in [0.1, 0.15) is 33.7 Å². The summed E-state index contributed by atoms with van der Waals surface area (Å²) in [7, 11) is 0. The highest BCUT2D eigenvalue weighted by Gasteiger charge is 2.09. The second-order valence-electron chi connectivity index (χ2n) is 5.50. The van der Waals surface area contributed by atoms with E-state index in [4.69, 9.17) is 0 Å². The van der Waals surface area contributed by atoms with Crippen molar-refractivity contribution in [2.75, 3.05) is 0 Å². The van der Waals surface area contributed by atoms with Crippen LogP contribution < -0.4 is 0 Å². The molecule has 3 rings (SSSR count). The number of nitrogens with zero attached hydrogens (tertiary/aromatic N) is 1. The molecule has 0 spiro atoms. The molecule has 1 heterocycles. The van der Waals surface area contributed by atoms with Crippen molar-refractivity contribution in [3.05, 3.63) is 65.0 Å². The van der Waals surface area contributed by atoms with Gasteiger partial charge in [-0.25, -0.2) is 4.98 Å². The Balaban J connectivity index is 1.72. The largest absolute Gasteiger partial charge is 0.342 e. The summed E-state index contributed by atoms with van der Waals surface area (Å²) in [5.74, 6) is 1.03. The minimum absolute atomic E-state index is 0.162. The number of fused-ring (bicyclic) bond motifs is 1. The summed E-state index contributed by atoms with van der Waals surface area (Å²) < 4.78 is 0. The van der Waals surface area contributed by atoms with Crippen molar-refractivity contribution in [3.8, 4) is 0 Å². The minimum atomic E-state index is 0.162. The predicted octanol–water partition coefficient (Wildman–Crippen LogP) is 4.00. The van der Waals surface area contributed by atoms with Crippen LogP contribution in [0, 0.1) is 13.8 Å². The second kappa shape index (κ2) is 5.52. The Morgan fingerprint density at radius 1 is 1.10 bits per heavy atom. The molecule has 2 aromatic carbocycles. The maximum absolute atomic E-state index is 12.2. The van der Waals surface area contributed by atoms with Gasteiger partial charge in [0.25, 0.3) is 0 Å². The fourth-order valence-corrected chi connectivity index (χ4v) is 2.49. The molecule has 0 atom stereocenters. The highest BCUT2D eigenvalue weighted by atomic mass is 16.1. The number of aryl methyl sites for hydroxylation is 3. The lowest BCUT2D eigenvalue weighted by molar-refractivity contribution is 0.0982. The molecule has 0 amide bonds. The fraction of sp³-hybridized carbons (Fsp3) is 0.222. The molecule has 0 aliphatic rings. The van der Waals surface area contributed by atoms with Gasteiger partial charge < -0.3 is 4.98 Å². The number of H-pyrrole nitrogens is 1. The van der Waals surface area contributed by atoms with Crippen molar-refractivity contribution in [2.24, 2.45) is 0 Å². The number of ketones is 1. The predicted molar refractivity (Wildman–Crippen MR) is 84.7 cm³/mol. The lowest BCUT2D eigenvalue weighted by atomic mass is 10.0. The molecule has 21 heavy (non-hydrogen) atoms. The van der Waals surface area contributed by atoms with E-state index in [1.54, 1.807) is 0 Å². The van der Waals surface area contributed by atoms with E-state index in [2.05, 4.69) is 23.0 Å². The summed E-state index contributed by atoms with van der Waals surface area (Å²) >= 11 is 0. The van der Waals surface area contributed by atoms with Gasteiger partial charge in [-0.3, -0.25) is 4.79 Å². The van der Waals surface area contributed by atoms with E-state index in [1.807, 2.05) is 43.3 Å². The molecule has 0 saturated heterocycles. The van der Waals surface area contributed by atoms with Crippen molar-refractivity contribution in [3.63, 3.8) is 0 Å². The first-order valence-electron chi connectivity index (χ1n) is 7.17. The molecule has 1 aromatic heterocycles. The Bertz CT molecular complexity index is 802. The van der Waals surface area contributed by atoms with Crippen molar-refractivity contribution in [2.45, 2.75) is 26.7 Å². The van der Waals surface area contributed by atoms with Crippen LogP contribution in [0.15, 0.2) is 42.5 Å². The molecular weight excluding hydrogens is 260 g/mol. The molecule has 106 valence electrons. The third-order valence-electron chi connectivity index (χ3n) is 3.62. The Hall–Kier alpha value is -2.42. The van der Waals surface area contributed by atoms with Crippen molar-refractivity contribution >= 4 is 16.8 Å². The number of carbonyl (C=O) groups excluding carboxylic acids is 1. The number of benzene rings is 2. The molecule has 0 unspecified atom stereocenters. The van der Waals surface area contributed by atoms with E-state index in [0.717, 1.165) is 28.0 Å². The van der Waals surface area contributed by atoms with Crippen LogP contribution in [-0.4, -0.2) is 15.8 Å². The highest BCUT2D eigenvalue weighted by Crippen LogP contribution is 2.15. The topological polar surface area (TPSA) is 45.8 Å². The number of hydrogen-bond donors (Lipinski definition) is 1. The quantitative estimate of drug-likeness (QED) is 0.733. The van der Waals surface area contributed by atoms with Crippen molar-refractivity contribution in [1.29, 1.82) is 0 Å². The van der Waals surface area contributed by atoms with Gasteiger partial charge >= 0.3 is 0 Å². The summed E-state index contributed by atoms with van der Waals surface area (Å²) in [6.45, 7) is 4.06. The first kappa shape index (κ1) is 13.6. The molecule has 1 N–H and O–H groups in total. The molecule has 0 bridgehead atoms. The monoisotopic (exact) mass is 278 g/mol. The van der Waals surface area contributed by atoms with Gasteiger partial charge in [0.1, 0.15) is 5.82 Å². The summed E-state index contributed by atoms with van der Waals surface area (Å²) in [5.41, 5.74) is 5.09. The average Bonchev–Trinajstić information content (AvgIpc) is 2.86. The van der Waals surface area contributed by atoms with Crippen LogP contribution in [0.2, 0.25) is 0 Å². The Morgan fingerprint density at radius 2 is 1.90 bits per heavy atom. The van der Waals surface area contributed by atoms with Crippen molar-refractivity contribution < 1.29 is 4.79 Å². The van der Waals surface area contributed by atoms with Gasteiger partial charge in [-0.05, 0) is 37.6 Å². The molecule has 0 radical (unpaired) electrons. The molecule has 3 aromatic rings. The van der Waals surface area contributed by atoms with E-state index in [-0.39, 0.29) is 5.78 Å². The highest BCUT2D eigenvalue weighted by molar-refractivity contribution is 5.96. The summed E-state index contributed by atoms with van der Waals surface area (Å²) in [5, 5.41) is 0. The van der Waals surface area contributed by atoms with Gasteiger partial charge in [-0.15, -0.1) is 0 Å². The third-order valence-corrected chi connectivity index (χ3v) is 3.62. The van der Waals surface area contributed by atoms with E-state index in [1.165, 1.54) is 5.56 Å². The Labute approximate surface area is 124 Å². The first-order chi connectivity index (χ1) is 10.1. The Morgan fingerprint density at radius 3 is 2.71 bits per heavy atom. The minimum Gasteiger partial charge on any atom is -0.342 e. The lowest BCUT2D eigenvalue weighted by Crippen LogP contribution is -2.02. The second-order valence-corrected chi connectivity index (χ2v) is 5.50. The van der Waals surface area contributed by atoms with Gasteiger partial charge in [0.05, 0.1) is 11.0 Å². The number of rotatable bonds is 4. The zero-order chi connectivity index (χ0) is 14.8. The van der Waals surface area contributed by atoms with Gasteiger partial charge in [-0.1, -0.05) is 29.8 Å². The van der Waals surface area contributed by atoms with E-state index in [0.29, 0.717) is 12.8 Å². The average molecular weight is 278 g/mol. The standard InChI is InChI=1S/C18H18N2O/c1-12-4-3-5-14(10-12)17(21)8-9-18-19-15-7-6-13(2)11-16(15)20-18/h3-7,10-11H,8-9H2,1-2H3,(H,19,20). The van der Waals surface area contributed by atoms with Crippen LogP contribution in [0.4, 0.5) is 0 Å². The van der Waals surface area contributed by atoms with Gasteiger partial charge in [-0.2, -0.15) is 0 Å². The van der Waals surface area contributed by atoms with Crippen LogP contribution in [-0.2, 0) is 6.42 Å². The molecule has 3 nitrogen and oxygen atoms in total. The molecule has 3 heteroatoms. The zero-order valence-corrected chi connectivity index (χ0v) is 12.3. The van der Waals surface area contributed by atoms with E-state index in [9.17, 15) is 4.79 Å². The molecule has 0 fully saturated rings. The van der Waals surface area contributed by atoms with Gasteiger partial charge in [0.15, 0.2) is 5.78 Å². The smallest absolute Gasteiger partial charge is 0.163 e. The third kappa shape index (κ3) is 3.02. The van der Waals surface area contributed by atoms with E-state index < -0.39 is 0 Å². The summed E-state index contributed by atoms with van der Waals surface area (Å²) in [6.07, 6.45) is 1.11. The lowest BCUT2D eigenvalue weighted by Gasteiger charge is -2.01. The number of nitrogens with one attached hydrogen (secondary N) is 1. The number of hydrogen-bond acceptors (Lipinski definition) is 2. The normalized spacial score (nSPS) is 11.0. The van der Waals surface area contributed by atoms with Crippen LogP contribution in [0.5, 0.6) is 0 Å². The van der Waals surface area contributed by atoms with Gasteiger partial charge in [0, 0.05) is 18.4 Å². The van der Waals surface area contributed by atoms with Crippen LogP contribution in [0.25, 0.3) is 11.0 Å². The first-order valence-corrected chi connectivity index (χ1v) is 7.17. The Kier molecular flexibility index (Phi) is 3.57. The number of aromatic nitrogens is 2. The van der Waals surface area contributed by atoms with Crippen molar-refractivity contribution in [1.82, 2.24) is 9.97 Å². The molecular formula is C18H18N2O. The zero-order valence-electron chi connectivity index (χ0n) is 12.3. The summed E-state index contributed by atoms with van der Waals surface area (Å²) in [4.78, 5) is 20.0. The SMILES string of the molecule is Cc1cccc(C(=O)CCc2nc3ccc(C)cc3[nH]2)c1. The fourth-order valence-electron chi connectivity index (χ4n) is 2.49. The van der Waals surface area contributed by atoms with Gasteiger partial charge in [0.2, 0.25) is 0 Å². The number of Topliss-reactive ketones (excluding diaryl/α,β-unsaturated/α-hetero) is 1. The van der Waals surface area contributed by atoms with E-state index >= 15 is 0 Å². The summed E-state index contributed by atoms with van der Waals surface area (Å²) in [6, 6.07) is 13.9. The number of aromatic amines is 1. The number of imidazole rings is 1. The molecule has 0 aliphatic carbocycles. The van der Waals surface area contributed by atoms with Crippen LogP contribution >= 0.6 is 0 Å².